The molecule has 5 nitrogen and oxygen atoms in total. The summed E-state index contributed by atoms with van der Waals surface area (Å²) < 4.78 is 60.2. The summed E-state index contributed by atoms with van der Waals surface area (Å²) in [5.41, 5.74) is 0. The summed E-state index contributed by atoms with van der Waals surface area (Å²) in [4.78, 5) is -0.618. The molecule has 1 rings (SSSR count). The average Bonchev–Trinajstić information content (AvgIpc) is 2.43. The van der Waals surface area contributed by atoms with Crippen LogP contribution in [0.1, 0.15) is 13.3 Å². The Hall–Kier alpha value is -0.640. The van der Waals surface area contributed by atoms with Crippen molar-refractivity contribution in [1.29, 1.82) is 0 Å². The maximum absolute atomic E-state index is 12.8. The van der Waals surface area contributed by atoms with Gasteiger partial charge < -0.3 is 0 Å². The molecular weight excluding hydrogens is 337 g/mol. The molecule has 0 aliphatic carbocycles. The smallest absolute Gasteiger partial charge is 0.207 e. The minimum Gasteiger partial charge on any atom is -0.207 e. The molecule has 0 aliphatic rings. The Morgan fingerprint density at radius 3 is 2.05 bits per heavy atom. The van der Waals surface area contributed by atoms with Gasteiger partial charge >= 0.3 is 10.2 Å². The lowest BCUT2D eigenvalue weighted by molar-refractivity contribution is 0.382. The Balaban J connectivity index is 3.02. The van der Waals surface area contributed by atoms with Gasteiger partial charge in [0.05, 0.1) is 9.79 Å². The molecule has 0 amide bonds. The Morgan fingerprint density at radius 1 is 1.14 bits per heavy atom. The largest absolute Gasteiger partial charge is 0.332 e. The predicted octanol–water partition coefficient (Wildman–Crippen LogP) is 2.11. The van der Waals surface area contributed by atoms with Gasteiger partial charge in [0, 0.05) is 13.1 Å². The molecule has 1 atom stereocenters. The van der Waals surface area contributed by atoms with Gasteiger partial charge in [-0.3, -0.25) is 0 Å². The van der Waals surface area contributed by atoms with Crippen LogP contribution in [0.15, 0.2) is 34.1 Å². The Morgan fingerprint density at radius 2 is 1.62 bits per heavy atom. The molecule has 0 fully saturated rings. The van der Waals surface area contributed by atoms with Crippen LogP contribution in [0.2, 0.25) is 0 Å². The molecule has 0 bridgehead atoms. The van der Waals surface area contributed by atoms with Crippen molar-refractivity contribution in [3.05, 3.63) is 24.3 Å². The Bertz CT molecular complexity index is 671. The van der Waals surface area contributed by atoms with E-state index in [0.717, 1.165) is 30.0 Å². The number of rotatable bonds is 7. The highest BCUT2D eigenvalue weighted by Gasteiger charge is 2.25. The van der Waals surface area contributed by atoms with Gasteiger partial charge in [0.15, 0.2) is 0 Å². The summed E-state index contributed by atoms with van der Waals surface area (Å²) in [6, 6.07) is 3.90. The van der Waals surface area contributed by atoms with E-state index in [-0.39, 0.29) is 10.9 Å². The minimum atomic E-state index is -4.82. The van der Waals surface area contributed by atoms with Gasteiger partial charge in [-0.05, 0) is 49.6 Å². The van der Waals surface area contributed by atoms with Gasteiger partial charge in [0.25, 0.3) is 0 Å². The number of benzene rings is 1. The summed E-state index contributed by atoms with van der Waals surface area (Å²) in [6.07, 6.45) is 2.64. The van der Waals surface area contributed by atoms with Crippen molar-refractivity contribution in [2.75, 3.05) is 19.1 Å². The molecule has 1 unspecified atom stereocenters. The molecule has 0 heterocycles. The molecule has 120 valence electrons. The molecule has 0 aliphatic heterocycles. The van der Waals surface area contributed by atoms with Crippen molar-refractivity contribution in [3.8, 4) is 0 Å². The van der Waals surface area contributed by atoms with E-state index >= 15 is 0 Å². The number of thioether (sulfide) groups is 1. The molecule has 0 spiro atoms. The van der Waals surface area contributed by atoms with Crippen LogP contribution in [0.3, 0.4) is 0 Å². The zero-order valence-corrected chi connectivity index (χ0v) is 14.4. The normalized spacial score (nSPS) is 14.3. The maximum atomic E-state index is 12.8. The van der Waals surface area contributed by atoms with Crippen LogP contribution in [0.25, 0.3) is 0 Å². The van der Waals surface area contributed by atoms with Crippen LogP contribution in [0, 0.1) is 0 Å². The van der Waals surface area contributed by atoms with Gasteiger partial charge in [-0.1, -0.05) is 0 Å². The highest BCUT2D eigenvalue weighted by atomic mass is 32.3. The summed E-state index contributed by atoms with van der Waals surface area (Å²) in [5.74, 6) is 0.833. The lowest BCUT2D eigenvalue weighted by atomic mass is 10.3. The van der Waals surface area contributed by atoms with E-state index in [0.29, 0.717) is 6.42 Å². The zero-order valence-electron chi connectivity index (χ0n) is 12.0. The summed E-state index contributed by atoms with van der Waals surface area (Å²) in [7, 11) is -7.08. The maximum Gasteiger partial charge on any atom is 0.332 e. The standard InChI is InChI=1S/C12H18FNO4S3/c1-10(8-9-19-3)14(2)21(17,18)12-6-4-11(5-7-12)20(13,15)16/h4-7,10H,8-9H2,1-3H3. The number of halogens is 1. The molecule has 0 saturated heterocycles. The first kappa shape index (κ1) is 18.4. The minimum absolute atomic E-state index is 0.0617. The molecule has 0 N–H and O–H groups in total. The van der Waals surface area contributed by atoms with Gasteiger partial charge in [-0.15, -0.1) is 3.89 Å². The second-order valence-electron chi connectivity index (χ2n) is 4.56. The quantitative estimate of drug-likeness (QED) is 0.701. The third kappa shape index (κ3) is 4.67. The first-order valence-electron chi connectivity index (χ1n) is 6.12. The molecule has 9 heteroatoms. The molecular formula is C12H18FNO4S3. The van der Waals surface area contributed by atoms with Crippen LogP contribution in [-0.4, -0.2) is 46.2 Å². The number of sulfonamides is 1. The fraction of sp³-hybridized carbons (Fsp3) is 0.500. The van der Waals surface area contributed by atoms with Crippen molar-refractivity contribution in [2.24, 2.45) is 0 Å². The molecule has 0 saturated carbocycles. The highest BCUT2D eigenvalue weighted by Crippen LogP contribution is 2.21. The second kappa shape index (κ2) is 7.08. The van der Waals surface area contributed by atoms with E-state index in [4.69, 9.17) is 0 Å². The Labute approximate surface area is 129 Å². The fourth-order valence-corrected chi connectivity index (χ4v) is 4.08. The van der Waals surface area contributed by atoms with Gasteiger partial charge in [-0.25, -0.2) is 8.42 Å². The lowest BCUT2D eigenvalue weighted by Crippen LogP contribution is -2.35. The van der Waals surface area contributed by atoms with Crippen LogP contribution >= 0.6 is 11.8 Å². The van der Waals surface area contributed by atoms with E-state index < -0.39 is 25.1 Å². The average molecular weight is 355 g/mol. The van der Waals surface area contributed by atoms with Crippen LogP contribution in [-0.2, 0) is 20.2 Å². The molecule has 0 aromatic heterocycles. The van der Waals surface area contributed by atoms with Crippen LogP contribution in [0.4, 0.5) is 3.89 Å². The van der Waals surface area contributed by atoms with Crippen LogP contribution in [0.5, 0.6) is 0 Å². The van der Waals surface area contributed by atoms with E-state index in [9.17, 15) is 20.7 Å². The van der Waals surface area contributed by atoms with Gasteiger partial charge in [0.1, 0.15) is 0 Å². The molecule has 21 heavy (non-hydrogen) atoms. The Kier molecular flexibility index (Phi) is 6.21. The fourth-order valence-electron chi connectivity index (χ4n) is 1.65. The van der Waals surface area contributed by atoms with E-state index in [1.807, 2.05) is 6.26 Å². The summed E-state index contributed by atoms with van der Waals surface area (Å²) in [5, 5.41) is 0. The summed E-state index contributed by atoms with van der Waals surface area (Å²) in [6.45, 7) is 1.80. The van der Waals surface area contributed by atoms with Crippen molar-refractivity contribution >= 4 is 32.0 Å². The zero-order chi connectivity index (χ0) is 16.3. The van der Waals surface area contributed by atoms with Crippen molar-refractivity contribution < 1.29 is 20.7 Å². The molecule has 1 aromatic rings. The third-order valence-corrected chi connectivity index (χ3v) is 6.61. The van der Waals surface area contributed by atoms with E-state index in [1.165, 1.54) is 11.4 Å². The van der Waals surface area contributed by atoms with Crippen molar-refractivity contribution in [2.45, 2.75) is 29.2 Å². The van der Waals surface area contributed by atoms with Gasteiger partial charge in [-0.2, -0.15) is 24.5 Å². The van der Waals surface area contributed by atoms with Crippen molar-refractivity contribution in [1.82, 2.24) is 4.31 Å². The first-order valence-corrected chi connectivity index (χ1v) is 10.3. The van der Waals surface area contributed by atoms with Crippen LogP contribution < -0.4 is 0 Å². The predicted molar refractivity (Wildman–Crippen MR) is 82.1 cm³/mol. The van der Waals surface area contributed by atoms with E-state index in [2.05, 4.69) is 0 Å². The highest BCUT2D eigenvalue weighted by molar-refractivity contribution is 7.98. The summed E-state index contributed by atoms with van der Waals surface area (Å²) >= 11 is 1.63. The monoisotopic (exact) mass is 355 g/mol. The molecule has 0 radical (unpaired) electrons. The number of hydrogen-bond donors (Lipinski definition) is 0. The molecule has 1 aromatic carbocycles. The topological polar surface area (TPSA) is 71.5 Å². The third-order valence-electron chi connectivity index (χ3n) is 3.14. The number of nitrogens with zero attached hydrogens (tertiary/aromatic N) is 1. The van der Waals surface area contributed by atoms with E-state index in [1.54, 1.807) is 18.7 Å². The van der Waals surface area contributed by atoms with Gasteiger partial charge in [0.2, 0.25) is 10.0 Å². The first-order chi connectivity index (χ1) is 9.60. The second-order valence-corrected chi connectivity index (χ2v) is 8.89. The SMILES string of the molecule is CSCCC(C)N(C)S(=O)(=O)c1ccc(S(=O)(=O)F)cc1. The number of hydrogen-bond acceptors (Lipinski definition) is 5. The lowest BCUT2D eigenvalue weighted by Gasteiger charge is -2.24. The van der Waals surface area contributed by atoms with Crippen molar-refractivity contribution in [3.63, 3.8) is 0 Å².